The van der Waals surface area contributed by atoms with Gasteiger partial charge in [-0.05, 0) is 11.4 Å². The molecule has 12 heavy (non-hydrogen) atoms. The molecule has 0 fully saturated rings. The summed E-state index contributed by atoms with van der Waals surface area (Å²) in [6.07, 6.45) is 3.27. The van der Waals surface area contributed by atoms with E-state index in [4.69, 9.17) is 4.74 Å². The summed E-state index contributed by atoms with van der Waals surface area (Å²) in [5, 5.41) is 11.5. The predicted molar refractivity (Wildman–Crippen MR) is 48.2 cm³/mol. The molecule has 0 bridgehead atoms. The summed E-state index contributed by atoms with van der Waals surface area (Å²) in [6, 6.07) is 3.99. The van der Waals surface area contributed by atoms with E-state index >= 15 is 0 Å². The van der Waals surface area contributed by atoms with Crippen LogP contribution in [0.4, 0.5) is 0 Å². The van der Waals surface area contributed by atoms with Crippen molar-refractivity contribution in [2.75, 3.05) is 6.61 Å². The van der Waals surface area contributed by atoms with E-state index in [-0.39, 0.29) is 5.92 Å². The predicted octanol–water partition coefficient (Wildman–Crippen LogP) is 1.74. The van der Waals surface area contributed by atoms with Crippen molar-refractivity contribution in [2.45, 2.75) is 12.2 Å². The Labute approximate surface area is 75.1 Å². The number of aliphatic hydroxyl groups excluding tert-OH is 1. The molecular weight excluding hydrogens is 172 g/mol. The largest absolute Gasteiger partial charge is 0.367 e. The molecule has 0 aromatic carbocycles. The fourth-order valence-corrected chi connectivity index (χ4v) is 2.09. The summed E-state index contributed by atoms with van der Waals surface area (Å²) < 4.78 is 5.09. The van der Waals surface area contributed by atoms with Crippen LogP contribution in [0.3, 0.4) is 0 Å². The first-order valence-corrected chi connectivity index (χ1v) is 4.75. The lowest BCUT2D eigenvalue weighted by molar-refractivity contribution is -0.102. The Morgan fingerprint density at radius 2 is 2.50 bits per heavy atom. The topological polar surface area (TPSA) is 29.5 Å². The maximum Gasteiger partial charge on any atom is 0.166 e. The van der Waals surface area contributed by atoms with Crippen LogP contribution in [-0.2, 0) is 4.74 Å². The lowest BCUT2D eigenvalue weighted by atomic mass is 10.1. The van der Waals surface area contributed by atoms with E-state index < -0.39 is 6.29 Å². The number of hydrogen-bond donors (Lipinski definition) is 1. The molecule has 2 unspecified atom stereocenters. The van der Waals surface area contributed by atoms with Crippen LogP contribution in [0.25, 0.3) is 0 Å². The zero-order chi connectivity index (χ0) is 8.39. The summed E-state index contributed by atoms with van der Waals surface area (Å²) in [7, 11) is 0. The number of rotatable bonds is 1. The molecule has 0 amide bonds. The highest BCUT2D eigenvalue weighted by atomic mass is 32.1. The van der Waals surface area contributed by atoms with Gasteiger partial charge in [0.05, 0.1) is 12.5 Å². The molecule has 1 aromatic heterocycles. The third kappa shape index (κ3) is 1.43. The molecular formula is C9H10O2S. The van der Waals surface area contributed by atoms with Gasteiger partial charge in [0.25, 0.3) is 0 Å². The molecule has 1 aromatic rings. The van der Waals surface area contributed by atoms with E-state index in [0.29, 0.717) is 6.61 Å². The monoisotopic (exact) mass is 182 g/mol. The summed E-state index contributed by atoms with van der Waals surface area (Å²) >= 11 is 1.64. The summed E-state index contributed by atoms with van der Waals surface area (Å²) in [4.78, 5) is 1.15. The second kappa shape index (κ2) is 3.39. The van der Waals surface area contributed by atoms with Crippen molar-refractivity contribution in [2.24, 2.45) is 0 Å². The van der Waals surface area contributed by atoms with Gasteiger partial charge in [0, 0.05) is 4.88 Å². The lowest BCUT2D eigenvalue weighted by Crippen LogP contribution is -2.23. The smallest absolute Gasteiger partial charge is 0.166 e. The minimum absolute atomic E-state index is 0.0266. The van der Waals surface area contributed by atoms with Crippen molar-refractivity contribution in [3.05, 3.63) is 34.5 Å². The van der Waals surface area contributed by atoms with Gasteiger partial charge >= 0.3 is 0 Å². The van der Waals surface area contributed by atoms with Crippen molar-refractivity contribution >= 4 is 11.3 Å². The van der Waals surface area contributed by atoms with Crippen LogP contribution in [0, 0.1) is 0 Å². The maximum atomic E-state index is 9.47. The molecule has 1 aliphatic rings. The van der Waals surface area contributed by atoms with Gasteiger partial charge in [-0.15, -0.1) is 11.3 Å². The molecule has 0 aliphatic carbocycles. The Balaban J connectivity index is 2.22. The van der Waals surface area contributed by atoms with Gasteiger partial charge in [-0.25, -0.2) is 0 Å². The maximum absolute atomic E-state index is 9.47. The van der Waals surface area contributed by atoms with Gasteiger partial charge in [-0.2, -0.15) is 0 Å². The first-order chi connectivity index (χ1) is 5.88. The minimum Gasteiger partial charge on any atom is -0.367 e. The number of thiophene rings is 1. The van der Waals surface area contributed by atoms with Crippen LogP contribution in [0.15, 0.2) is 29.7 Å². The Morgan fingerprint density at radius 3 is 3.17 bits per heavy atom. The van der Waals surface area contributed by atoms with Gasteiger partial charge in [0.15, 0.2) is 6.29 Å². The zero-order valence-corrected chi connectivity index (χ0v) is 7.33. The average molecular weight is 182 g/mol. The highest BCUT2D eigenvalue weighted by molar-refractivity contribution is 7.10. The van der Waals surface area contributed by atoms with Gasteiger partial charge in [-0.1, -0.05) is 18.2 Å². The van der Waals surface area contributed by atoms with Crippen molar-refractivity contribution in [3.8, 4) is 0 Å². The molecule has 1 N–H and O–H groups in total. The second-order valence-electron chi connectivity index (χ2n) is 2.69. The van der Waals surface area contributed by atoms with Gasteiger partial charge < -0.3 is 9.84 Å². The SMILES string of the molecule is OC1OCC=CC1c1cccs1. The first-order valence-electron chi connectivity index (χ1n) is 3.87. The van der Waals surface area contributed by atoms with Gasteiger partial charge in [0.1, 0.15) is 0 Å². The molecule has 2 heterocycles. The molecule has 2 rings (SSSR count). The third-order valence-electron chi connectivity index (χ3n) is 1.89. The number of ether oxygens (including phenoxy) is 1. The fourth-order valence-electron chi connectivity index (χ4n) is 1.27. The summed E-state index contributed by atoms with van der Waals surface area (Å²) in [5.41, 5.74) is 0. The third-order valence-corrected chi connectivity index (χ3v) is 2.86. The zero-order valence-electron chi connectivity index (χ0n) is 6.51. The van der Waals surface area contributed by atoms with Crippen LogP contribution in [0.2, 0.25) is 0 Å². The van der Waals surface area contributed by atoms with Crippen LogP contribution in [0.1, 0.15) is 10.8 Å². The Kier molecular flexibility index (Phi) is 2.26. The number of hydrogen-bond acceptors (Lipinski definition) is 3. The molecule has 1 aliphatic heterocycles. The van der Waals surface area contributed by atoms with Crippen LogP contribution >= 0.6 is 11.3 Å². The van der Waals surface area contributed by atoms with E-state index in [1.807, 2.05) is 29.7 Å². The Hall–Kier alpha value is -0.640. The van der Waals surface area contributed by atoms with Crippen LogP contribution in [-0.4, -0.2) is 18.0 Å². The molecule has 0 radical (unpaired) electrons. The quantitative estimate of drug-likeness (QED) is 0.670. The van der Waals surface area contributed by atoms with Crippen molar-refractivity contribution in [1.82, 2.24) is 0 Å². The number of aliphatic hydroxyl groups is 1. The molecule has 0 saturated carbocycles. The highest BCUT2D eigenvalue weighted by Gasteiger charge is 2.21. The van der Waals surface area contributed by atoms with Crippen LogP contribution in [0.5, 0.6) is 0 Å². The van der Waals surface area contributed by atoms with E-state index in [1.165, 1.54) is 0 Å². The van der Waals surface area contributed by atoms with E-state index in [0.717, 1.165) is 4.88 Å². The minimum atomic E-state index is -0.673. The van der Waals surface area contributed by atoms with E-state index in [1.54, 1.807) is 11.3 Å². The first kappa shape index (κ1) is 7.98. The molecule has 0 spiro atoms. The Morgan fingerprint density at radius 1 is 1.58 bits per heavy atom. The van der Waals surface area contributed by atoms with Crippen molar-refractivity contribution in [1.29, 1.82) is 0 Å². The van der Waals surface area contributed by atoms with Gasteiger partial charge in [-0.3, -0.25) is 0 Å². The van der Waals surface area contributed by atoms with E-state index in [2.05, 4.69) is 0 Å². The standard InChI is InChI=1S/C9H10O2S/c10-9-7(3-1-5-11-9)8-4-2-6-12-8/h1-4,6-7,9-10H,5H2. The molecule has 64 valence electrons. The Bertz CT molecular complexity index is 266. The molecule has 3 heteroatoms. The second-order valence-corrected chi connectivity index (χ2v) is 3.67. The lowest BCUT2D eigenvalue weighted by Gasteiger charge is -2.21. The molecule has 2 atom stereocenters. The summed E-state index contributed by atoms with van der Waals surface area (Å²) in [6.45, 7) is 0.517. The summed E-state index contributed by atoms with van der Waals surface area (Å²) in [5.74, 6) is 0.0266. The van der Waals surface area contributed by atoms with Crippen molar-refractivity contribution in [3.63, 3.8) is 0 Å². The fraction of sp³-hybridized carbons (Fsp3) is 0.333. The average Bonchev–Trinajstić information content (AvgIpc) is 2.57. The highest BCUT2D eigenvalue weighted by Crippen LogP contribution is 2.28. The van der Waals surface area contributed by atoms with Crippen molar-refractivity contribution < 1.29 is 9.84 Å². The van der Waals surface area contributed by atoms with Gasteiger partial charge in [0.2, 0.25) is 0 Å². The molecule has 2 nitrogen and oxygen atoms in total. The van der Waals surface area contributed by atoms with E-state index in [9.17, 15) is 5.11 Å². The normalized spacial score (nSPS) is 29.1. The van der Waals surface area contributed by atoms with Crippen LogP contribution < -0.4 is 0 Å². The molecule has 0 saturated heterocycles.